The lowest BCUT2D eigenvalue weighted by molar-refractivity contribution is 0.0555. The van der Waals surface area contributed by atoms with Crippen LogP contribution in [-0.2, 0) is 0 Å². The summed E-state index contributed by atoms with van der Waals surface area (Å²) >= 11 is 0. The molecule has 2 atom stereocenters. The Morgan fingerprint density at radius 2 is 1.73 bits per heavy atom. The highest BCUT2D eigenvalue weighted by Crippen LogP contribution is 2.31. The lowest BCUT2D eigenvalue weighted by atomic mass is 9.81. The van der Waals surface area contributed by atoms with Gasteiger partial charge in [0.2, 0.25) is 0 Å². The van der Waals surface area contributed by atoms with Crippen molar-refractivity contribution >= 4 is 8.07 Å². The van der Waals surface area contributed by atoms with Crippen molar-refractivity contribution in [1.29, 1.82) is 0 Å². The van der Waals surface area contributed by atoms with Gasteiger partial charge in [-0.3, -0.25) is 0 Å². The van der Waals surface area contributed by atoms with Crippen molar-refractivity contribution in [2.24, 2.45) is 11.8 Å². The first-order chi connectivity index (χ1) is 10.4. The van der Waals surface area contributed by atoms with Crippen LogP contribution in [0, 0.1) is 11.8 Å². The number of unbranched alkanes of at least 4 members (excludes halogenated alkanes) is 3. The highest BCUT2D eigenvalue weighted by molar-refractivity contribution is 6.83. The fourth-order valence-electron chi connectivity index (χ4n) is 3.77. The van der Waals surface area contributed by atoms with Gasteiger partial charge in [0.15, 0.2) is 0 Å². The number of hydrogen-bond donors (Lipinski definition) is 1. The normalized spacial score (nSPS) is 20.9. The van der Waals surface area contributed by atoms with Gasteiger partial charge in [-0.15, -0.1) is 0 Å². The maximum Gasteiger partial charge on any atom is 0.0720 e. The number of rotatable bonds is 9. The molecule has 1 aliphatic carbocycles. The average Bonchev–Trinajstić information content (AvgIpc) is 2.49. The monoisotopic (exact) mass is 324 g/mol. The zero-order valence-electron chi connectivity index (χ0n) is 15.8. The van der Waals surface area contributed by atoms with Gasteiger partial charge in [-0.05, 0) is 31.6 Å². The van der Waals surface area contributed by atoms with E-state index in [-0.39, 0.29) is 6.10 Å². The maximum absolute atomic E-state index is 10.7. The summed E-state index contributed by atoms with van der Waals surface area (Å²) in [5.74, 6) is 0.874. The molecule has 0 aliphatic heterocycles. The molecule has 0 aromatic rings. The molecule has 130 valence electrons. The Morgan fingerprint density at radius 1 is 1.09 bits per heavy atom. The van der Waals surface area contributed by atoms with Gasteiger partial charge in [0.1, 0.15) is 0 Å². The molecule has 0 radical (unpaired) electrons. The molecule has 1 fully saturated rings. The first-order valence-electron chi connectivity index (χ1n) is 9.75. The molecule has 0 saturated heterocycles. The molecule has 0 heterocycles. The quantitative estimate of drug-likeness (QED) is 0.387. The zero-order valence-corrected chi connectivity index (χ0v) is 16.8. The van der Waals surface area contributed by atoms with Gasteiger partial charge >= 0.3 is 0 Å². The minimum Gasteiger partial charge on any atom is -0.392 e. The summed E-state index contributed by atoms with van der Waals surface area (Å²) in [6.45, 7) is 11.9. The van der Waals surface area contributed by atoms with E-state index in [2.05, 4.69) is 39.6 Å². The largest absolute Gasteiger partial charge is 0.392 e. The summed E-state index contributed by atoms with van der Waals surface area (Å²) in [6.07, 6.45) is 15.4. The number of aliphatic hydroxyl groups is 1. The molecular weight excluding hydrogens is 284 g/mol. The predicted molar refractivity (Wildman–Crippen MR) is 102 cm³/mol. The van der Waals surface area contributed by atoms with Crippen LogP contribution in [0.1, 0.15) is 78.1 Å². The molecule has 22 heavy (non-hydrogen) atoms. The van der Waals surface area contributed by atoms with Crippen LogP contribution in [0.25, 0.3) is 0 Å². The predicted octanol–water partition coefficient (Wildman–Crippen LogP) is 6.34. The van der Waals surface area contributed by atoms with Crippen molar-refractivity contribution in [2.75, 3.05) is 0 Å². The van der Waals surface area contributed by atoms with E-state index < -0.39 is 8.07 Å². The minimum atomic E-state index is -1.25. The number of hydrogen-bond acceptors (Lipinski definition) is 1. The first-order valence-corrected chi connectivity index (χ1v) is 13.3. The van der Waals surface area contributed by atoms with Crippen LogP contribution in [0.15, 0.2) is 11.3 Å². The Balaban J connectivity index is 2.63. The van der Waals surface area contributed by atoms with Crippen molar-refractivity contribution in [3.05, 3.63) is 11.3 Å². The van der Waals surface area contributed by atoms with Crippen LogP contribution in [0.3, 0.4) is 0 Å². The van der Waals surface area contributed by atoms with Gasteiger partial charge in [-0.2, -0.15) is 0 Å². The van der Waals surface area contributed by atoms with Crippen LogP contribution in [0.2, 0.25) is 19.6 Å². The van der Waals surface area contributed by atoms with E-state index in [1.54, 1.807) is 5.20 Å². The van der Waals surface area contributed by atoms with Crippen molar-refractivity contribution < 1.29 is 5.11 Å². The molecule has 0 bridgehead atoms. The van der Waals surface area contributed by atoms with Crippen molar-refractivity contribution in [3.8, 4) is 0 Å². The molecule has 1 rings (SSSR count). The average molecular weight is 325 g/mol. The molecule has 0 amide bonds. The van der Waals surface area contributed by atoms with E-state index in [1.165, 1.54) is 64.2 Å². The van der Waals surface area contributed by atoms with Crippen LogP contribution in [0.4, 0.5) is 0 Å². The highest BCUT2D eigenvalue weighted by Gasteiger charge is 2.27. The van der Waals surface area contributed by atoms with E-state index in [9.17, 15) is 5.11 Å². The second-order valence-corrected chi connectivity index (χ2v) is 13.6. The second-order valence-electron chi connectivity index (χ2n) is 8.50. The van der Waals surface area contributed by atoms with E-state index in [1.807, 2.05) is 0 Å². The Kier molecular flexibility index (Phi) is 9.00. The van der Waals surface area contributed by atoms with Crippen molar-refractivity contribution in [2.45, 2.75) is 104 Å². The molecule has 0 aromatic heterocycles. The molecule has 0 spiro atoms. The van der Waals surface area contributed by atoms with Crippen molar-refractivity contribution in [3.63, 3.8) is 0 Å². The smallest absolute Gasteiger partial charge is 0.0720 e. The van der Waals surface area contributed by atoms with E-state index >= 15 is 0 Å². The van der Waals surface area contributed by atoms with Crippen LogP contribution in [-0.4, -0.2) is 19.3 Å². The van der Waals surface area contributed by atoms with Gasteiger partial charge in [0.25, 0.3) is 0 Å². The molecule has 1 aliphatic rings. The molecule has 1 nitrogen and oxygen atoms in total. The highest BCUT2D eigenvalue weighted by atomic mass is 28.3. The lowest BCUT2D eigenvalue weighted by Gasteiger charge is -2.31. The summed E-state index contributed by atoms with van der Waals surface area (Å²) in [4.78, 5) is 0. The summed E-state index contributed by atoms with van der Waals surface area (Å²) in [7, 11) is -1.25. The molecule has 0 aromatic carbocycles. The fraction of sp³-hybridized carbons (Fsp3) is 0.900. The molecule has 1 N–H and O–H groups in total. The summed E-state index contributed by atoms with van der Waals surface area (Å²) in [6, 6.07) is 0. The first kappa shape index (κ1) is 20.0. The lowest BCUT2D eigenvalue weighted by Crippen LogP contribution is -2.30. The SMILES string of the molecule is CCCCCC/C(=C/[C@@H](C)[C@@H](O)C1CCCCC1)[Si](C)(C)C. The third-order valence-electron chi connectivity index (χ3n) is 5.40. The summed E-state index contributed by atoms with van der Waals surface area (Å²) in [5, 5.41) is 12.4. The molecule has 2 heteroatoms. The Hall–Kier alpha value is -0.0831. The Morgan fingerprint density at radius 3 is 2.27 bits per heavy atom. The molecular formula is C20H40OSi. The van der Waals surface area contributed by atoms with Gasteiger partial charge < -0.3 is 5.11 Å². The molecule has 1 saturated carbocycles. The third-order valence-corrected chi connectivity index (χ3v) is 7.74. The van der Waals surface area contributed by atoms with Crippen LogP contribution in [0.5, 0.6) is 0 Å². The summed E-state index contributed by atoms with van der Waals surface area (Å²) in [5.41, 5.74) is 0. The second kappa shape index (κ2) is 9.92. The Bertz CT molecular complexity index is 323. The maximum atomic E-state index is 10.7. The number of allylic oxidation sites excluding steroid dienone is 1. The fourth-order valence-corrected chi connectivity index (χ4v) is 5.46. The van der Waals surface area contributed by atoms with Crippen LogP contribution >= 0.6 is 0 Å². The number of aliphatic hydroxyl groups excluding tert-OH is 1. The van der Waals surface area contributed by atoms with E-state index in [4.69, 9.17) is 0 Å². The van der Waals surface area contributed by atoms with E-state index in [0.29, 0.717) is 11.8 Å². The molecule has 0 unspecified atom stereocenters. The zero-order chi connectivity index (χ0) is 16.6. The van der Waals surface area contributed by atoms with Gasteiger partial charge in [-0.1, -0.05) is 83.3 Å². The van der Waals surface area contributed by atoms with Gasteiger partial charge in [0, 0.05) is 5.92 Å². The van der Waals surface area contributed by atoms with Gasteiger partial charge in [0.05, 0.1) is 14.2 Å². The Labute approximate surface area is 140 Å². The third kappa shape index (κ3) is 7.00. The summed E-state index contributed by atoms with van der Waals surface area (Å²) < 4.78 is 0. The minimum absolute atomic E-state index is 0.123. The van der Waals surface area contributed by atoms with Gasteiger partial charge in [-0.25, -0.2) is 0 Å². The topological polar surface area (TPSA) is 20.2 Å². The van der Waals surface area contributed by atoms with Crippen LogP contribution < -0.4 is 0 Å². The van der Waals surface area contributed by atoms with E-state index in [0.717, 1.165) is 0 Å². The van der Waals surface area contributed by atoms with Crippen molar-refractivity contribution in [1.82, 2.24) is 0 Å². The standard InChI is InChI=1S/C20H40OSi/c1-6-7-8-12-15-19(22(3,4)5)16-17(2)20(21)18-13-10-9-11-14-18/h16-18,20-21H,6-15H2,1-5H3/b19-16-/t17-,20-/m1/s1.